The molecule has 0 aromatic carbocycles. The highest BCUT2D eigenvalue weighted by atomic mass is 35.5. The highest BCUT2D eigenvalue weighted by Gasteiger charge is 2.35. The number of hydrogen-bond acceptors (Lipinski definition) is 0. The summed E-state index contributed by atoms with van der Waals surface area (Å²) in [5.74, 6) is 0.791. The second-order valence-electron chi connectivity index (χ2n) is 4.11. The minimum absolute atomic E-state index is 0. The Bertz CT molecular complexity index is 179. The summed E-state index contributed by atoms with van der Waals surface area (Å²) in [6.45, 7) is 6.13. The molecular formula is C10H18ClN. The van der Waals surface area contributed by atoms with Gasteiger partial charge in [0.1, 0.15) is 6.04 Å². The summed E-state index contributed by atoms with van der Waals surface area (Å²) in [5.41, 5.74) is 0. The van der Waals surface area contributed by atoms with Gasteiger partial charge in [0.05, 0.1) is 12.6 Å². The lowest BCUT2D eigenvalue weighted by molar-refractivity contribution is -0.933. The van der Waals surface area contributed by atoms with Gasteiger partial charge in [-0.05, 0) is 13.0 Å². The standard InChI is InChI=1S/C10H17N.ClH/c1-8-5-6-10-4-3-7-11(10)9(8)2;/h5-6,8-10H,3-4,7H2,1-2H3;1H/t8-,9-,10+;/m1./s1. The van der Waals surface area contributed by atoms with Gasteiger partial charge in [-0.25, -0.2) is 0 Å². The van der Waals surface area contributed by atoms with Crippen LogP contribution in [0.1, 0.15) is 26.7 Å². The normalized spacial score (nSPS) is 45.2. The van der Waals surface area contributed by atoms with Crippen LogP contribution in [0.2, 0.25) is 0 Å². The molecule has 1 N–H and O–H groups in total. The van der Waals surface area contributed by atoms with Crippen molar-refractivity contribution in [3.05, 3.63) is 12.2 Å². The Labute approximate surface area is 81.2 Å². The lowest BCUT2D eigenvalue weighted by Crippen LogP contribution is -3.18. The van der Waals surface area contributed by atoms with Crippen LogP contribution in [0.15, 0.2) is 12.2 Å². The van der Waals surface area contributed by atoms with Crippen molar-refractivity contribution in [2.75, 3.05) is 6.54 Å². The molecule has 0 saturated carbocycles. The third kappa shape index (κ3) is 1.53. The second kappa shape index (κ2) is 3.80. The number of hydrogen-bond donors (Lipinski definition) is 1. The Morgan fingerprint density at radius 2 is 2.00 bits per heavy atom. The van der Waals surface area contributed by atoms with Crippen LogP contribution in [-0.4, -0.2) is 18.6 Å². The van der Waals surface area contributed by atoms with E-state index in [1.165, 1.54) is 19.4 Å². The molecule has 0 aliphatic carbocycles. The first-order valence-electron chi connectivity index (χ1n) is 4.83. The number of rotatable bonds is 0. The first-order valence-corrected chi connectivity index (χ1v) is 4.83. The molecule has 0 aromatic heterocycles. The molecule has 0 spiro atoms. The minimum Gasteiger partial charge on any atom is -1.00 e. The first-order chi connectivity index (χ1) is 5.29. The number of nitrogens with one attached hydrogen (secondary N) is 1. The molecular weight excluding hydrogens is 170 g/mol. The van der Waals surface area contributed by atoms with E-state index in [-0.39, 0.29) is 12.4 Å². The topological polar surface area (TPSA) is 4.44 Å². The van der Waals surface area contributed by atoms with Crippen molar-refractivity contribution < 1.29 is 17.3 Å². The fraction of sp³-hybridized carbons (Fsp3) is 0.800. The molecule has 2 aliphatic heterocycles. The average molecular weight is 188 g/mol. The van der Waals surface area contributed by atoms with E-state index in [4.69, 9.17) is 0 Å². The van der Waals surface area contributed by atoms with Crippen molar-refractivity contribution in [1.82, 2.24) is 0 Å². The van der Waals surface area contributed by atoms with Crippen LogP contribution in [0.3, 0.4) is 0 Å². The van der Waals surface area contributed by atoms with Crippen molar-refractivity contribution in [1.29, 1.82) is 0 Å². The lowest BCUT2D eigenvalue weighted by Gasteiger charge is -2.32. The highest BCUT2D eigenvalue weighted by molar-refractivity contribution is 4.99. The molecule has 1 nitrogen and oxygen atoms in total. The maximum absolute atomic E-state index is 2.44. The maximum Gasteiger partial charge on any atom is 0.107 e. The van der Waals surface area contributed by atoms with Crippen LogP contribution in [0.25, 0.3) is 0 Å². The molecule has 2 rings (SSSR count). The maximum atomic E-state index is 2.44. The fourth-order valence-electron chi connectivity index (χ4n) is 2.50. The highest BCUT2D eigenvalue weighted by Crippen LogP contribution is 2.13. The third-order valence-electron chi connectivity index (χ3n) is 3.48. The summed E-state index contributed by atoms with van der Waals surface area (Å²) in [4.78, 5) is 1.83. The fourth-order valence-corrected chi connectivity index (χ4v) is 2.50. The summed E-state index contributed by atoms with van der Waals surface area (Å²) in [6, 6.07) is 1.72. The SMILES string of the molecule is C[C@@H]1C=C[C@@H]2CCC[NH+]2[C@@H]1C.[Cl-]. The van der Waals surface area contributed by atoms with Gasteiger partial charge in [0, 0.05) is 18.8 Å². The van der Waals surface area contributed by atoms with Crippen LogP contribution >= 0.6 is 0 Å². The Morgan fingerprint density at radius 3 is 2.75 bits per heavy atom. The quantitative estimate of drug-likeness (QED) is 0.405. The lowest BCUT2D eigenvalue weighted by atomic mass is 9.95. The molecule has 1 saturated heterocycles. The van der Waals surface area contributed by atoms with Gasteiger partial charge in [0.2, 0.25) is 0 Å². The smallest absolute Gasteiger partial charge is 0.107 e. The summed E-state index contributed by atoms with van der Waals surface area (Å²) in [6.07, 6.45) is 7.70. The van der Waals surface area contributed by atoms with E-state index in [2.05, 4.69) is 26.0 Å². The van der Waals surface area contributed by atoms with E-state index < -0.39 is 0 Å². The molecule has 4 atom stereocenters. The van der Waals surface area contributed by atoms with E-state index >= 15 is 0 Å². The van der Waals surface area contributed by atoms with Crippen molar-refractivity contribution in [3.8, 4) is 0 Å². The monoisotopic (exact) mass is 187 g/mol. The van der Waals surface area contributed by atoms with Gasteiger partial charge in [-0.2, -0.15) is 0 Å². The molecule has 70 valence electrons. The summed E-state index contributed by atoms with van der Waals surface area (Å²) in [5, 5.41) is 0. The summed E-state index contributed by atoms with van der Waals surface area (Å²) < 4.78 is 0. The van der Waals surface area contributed by atoms with E-state index in [1.54, 1.807) is 0 Å². The number of quaternary nitrogens is 1. The van der Waals surface area contributed by atoms with Crippen LogP contribution in [0, 0.1) is 5.92 Å². The van der Waals surface area contributed by atoms with Gasteiger partial charge < -0.3 is 17.3 Å². The van der Waals surface area contributed by atoms with Gasteiger partial charge in [0.15, 0.2) is 0 Å². The molecule has 1 unspecified atom stereocenters. The predicted octanol–water partition coefficient (Wildman–Crippen LogP) is -2.37. The third-order valence-corrected chi connectivity index (χ3v) is 3.48. The average Bonchev–Trinajstić information content (AvgIpc) is 2.45. The predicted molar refractivity (Wildman–Crippen MR) is 46.6 cm³/mol. The molecule has 1 fully saturated rings. The Balaban J connectivity index is 0.000000720. The van der Waals surface area contributed by atoms with E-state index in [9.17, 15) is 0 Å². The zero-order valence-corrected chi connectivity index (χ0v) is 8.64. The number of fused-ring (bicyclic) bond motifs is 1. The molecule has 2 heteroatoms. The Morgan fingerprint density at radius 1 is 1.25 bits per heavy atom. The molecule has 2 aliphatic rings. The molecule has 0 amide bonds. The molecule has 12 heavy (non-hydrogen) atoms. The zero-order valence-electron chi connectivity index (χ0n) is 7.89. The second-order valence-corrected chi connectivity index (χ2v) is 4.11. The van der Waals surface area contributed by atoms with E-state index in [0.717, 1.165) is 18.0 Å². The van der Waals surface area contributed by atoms with Gasteiger partial charge >= 0.3 is 0 Å². The van der Waals surface area contributed by atoms with E-state index in [0.29, 0.717) is 0 Å². The van der Waals surface area contributed by atoms with Crippen LogP contribution < -0.4 is 17.3 Å². The zero-order chi connectivity index (χ0) is 7.84. The molecule has 0 bridgehead atoms. The van der Waals surface area contributed by atoms with Crippen LogP contribution in [0.4, 0.5) is 0 Å². The summed E-state index contributed by atoms with van der Waals surface area (Å²) in [7, 11) is 0. The molecule has 0 aromatic rings. The number of halogens is 1. The minimum atomic E-state index is 0. The van der Waals surface area contributed by atoms with Gasteiger partial charge in [0.25, 0.3) is 0 Å². The van der Waals surface area contributed by atoms with Crippen molar-refractivity contribution >= 4 is 0 Å². The van der Waals surface area contributed by atoms with Crippen molar-refractivity contribution in [2.24, 2.45) is 5.92 Å². The van der Waals surface area contributed by atoms with Crippen molar-refractivity contribution in [2.45, 2.75) is 38.8 Å². The van der Waals surface area contributed by atoms with Gasteiger partial charge in [-0.15, -0.1) is 0 Å². The van der Waals surface area contributed by atoms with Crippen LogP contribution in [0.5, 0.6) is 0 Å². The Hall–Kier alpha value is -0.0100. The van der Waals surface area contributed by atoms with Crippen LogP contribution in [-0.2, 0) is 0 Å². The van der Waals surface area contributed by atoms with Gasteiger partial charge in [-0.3, -0.25) is 0 Å². The first kappa shape index (κ1) is 10.1. The van der Waals surface area contributed by atoms with Gasteiger partial charge in [-0.1, -0.05) is 13.0 Å². The Kier molecular flexibility index (Phi) is 3.19. The summed E-state index contributed by atoms with van der Waals surface area (Å²) >= 11 is 0. The van der Waals surface area contributed by atoms with Crippen molar-refractivity contribution in [3.63, 3.8) is 0 Å². The van der Waals surface area contributed by atoms with E-state index in [1.807, 2.05) is 4.90 Å². The molecule has 0 radical (unpaired) electrons. The molecule has 2 heterocycles. The largest absolute Gasteiger partial charge is 1.00 e.